The number of nitrogens with zero attached hydrogens (tertiary/aromatic N) is 2. The van der Waals surface area contributed by atoms with Gasteiger partial charge >= 0.3 is 6.03 Å². The Bertz CT molecular complexity index is 896. The number of para-hydroxylation sites is 1. The quantitative estimate of drug-likeness (QED) is 0.816. The fourth-order valence-corrected chi connectivity index (χ4v) is 5.91. The predicted molar refractivity (Wildman–Crippen MR) is 113 cm³/mol. The van der Waals surface area contributed by atoms with Crippen LogP contribution in [-0.2, 0) is 11.8 Å². The lowest BCUT2D eigenvalue weighted by Crippen LogP contribution is -2.65. The molecule has 2 aliphatic heterocycles. The van der Waals surface area contributed by atoms with Gasteiger partial charge < -0.3 is 15.1 Å². The molecule has 2 aromatic rings. The molecular formula is C24H29N3O. The van der Waals surface area contributed by atoms with Crippen molar-refractivity contribution in [2.45, 2.75) is 37.6 Å². The maximum absolute atomic E-state index is 12.9. The third kappa shape index (κ3) is 2.74. The molecule has 2 heterocycles. The average molecular weight is 376 g/mol. The van der Waals surface area contributed by atoms with Gasteiger partial charge in [-0.15, -0.1) is 0 Å². The van der Waals surface area contributed by atoms with Gasteiger partial charge in [-0.25, -0.2) is 4.79 Å². The molecule has 2 amide bonds. The van der Waals surface area contributed by atoms with Crippen LogP contribution in [0.1, 0.15) is 29.5 Å². The van der Waals surface area contributed by atoms with Crippen molar-refractivity contribution in [2.75, 3.05) is 32.0 Å². The fourth-order valence-electron chi connectivity index (χ4n) is 5.91. The first kappa shape index (κ1) is 17.7. The van der Waals surface area contributed by atoms with Gasteiger partial charge in [0, 0.05) is 36.2 Å². The number of likely N-dealkylation sites (tertiary alicyclic amines) is 2. The average Bonchev–Trinajstić information content (AvgIpc) is 2.71. The Morgan fingerprint density at radius 2 is 1.89 bits per heavy atom. The molecule has 4 heteroatoms. The van der Waals surface area contributed by atoms with Crippen molar-refractivity contribution in [3.8, 4) is 0 Å². The molecule has 1 N–H and O–H groups in total. The van der Waals surface area contributed by atoms with Crippen LogP contribution in [0.15, 0.2) is 48.5 Å². The van der Waals surface area contributed by atoms with E-state index in [1.54, 1.807) is 5.56 Å². The maximum Gasteiger partial charge on any atom is 0.321 e. The largest absolute Gasteiger partial charge is 0.324 e. The highest BCUT2D eigenvalue weighted by Gasteiger charge is 2.55. The third-order valence-electron chi connectivity index (χ3n) is 7.44. The van der Waals surface area contributed by atoms with Crippen molar-refractivity contribution in [1.82, 2.24) is 9.80 Å². The number of amides is 2. The van der Waals surface area contributed by atoms with Gasteiger partial charge in [-0.2, -0.15) is 0 Å². The Kier molecular flexibility index (Phi) is 4.20. The smallest absolute Gasteiger partial charge is 0.321 e. The Morgan fingerprint density at radius 3 is 2.71 bits per heavy atom. The first-order chi connectivity index (χ1) is 13.6. The molecule has 3 aliphatic rings. The van der Waals surface area contributed by atoms with E-state index in [2.05, 4.69) is 42.4 Å². The molecule has 28 heavy (non-hydrogen) atoms. The van der Waals surface area contributed by atoms with Crippen LogP contribution in [0.25, 0.3) is 0 Å². The minimum atomic E-state index is 0.0387. The number of benzene rings is 2. The van der Waals surface area contributed by atoms with E-state index in [0.29, 0.717) is 12.0 Å². The van der Waals surface area contributed by atoms with Crippen LogP contribution in [0, 0.1) is 12.8 Å². The van der Waals surface area contributed by atoms with Crippen LogP contribution in [0.3, 0.4) is 0 Å². The Labute approximate surface area is 167 Å². The van der Waals surface area contributed by atoms with Crippen molar-refractivity contribution >= 4 is 11.7 Å². The lowest BCUT2D eigenvalue weighted by atomic mass is 9.54. The fraction of sp³-hybridized carbons (Fsp3) is 0.458. The van der Waals surface area contributed by atoms with Gasteiger partial charge in [-0.3, -0.25) is 0 Å². The second kappa shape index (κ2) is 6.63. The molecule has 0 radical (unpaired) electrons. The zero-order valence-electron chi connectivity index (χ0n) is 16.8. The highest BCUT2D eigenvalue weighted by Crippen LogP contribution is 2.53. The molecule has 2 saturated heterocycles. The van der Waals surface area contributed by atoms with Crippen LogP contribution >= 0.6 is 0 Å². The molecule has 4 nitrogen and oxygen atoms in total. The topological polar surface area (TPSA) is 35.6 Å². The second-order valence-corrected chi connectivity index (χ2v) is 8.92. The van der Waals surface area contributed by atoms with Crippen LogP contribution in [0.5, 0.6) is 0 Å². The number of hydrogen-bond donors (Lipinski definition) is 1. The summed E-state index contributed by atoms with van der Waals surface area (Å²) < 4.78 is 0. The van der Waals surface area contributed by atoms with Crippen molar-refractivity contribution in [2.24, 2.45) is 5.92 Å². The molecule has 3 atom stereocenters. The summed E-state index contributed by atoms with van der Waals surface area (Å²) in [7, 11) is 2.26. The Morgan fingerprint density at radius 1 is 1.11 bits per heavy atom. The van der Waals surface area contributed by atoms with Gasteiger partial charge in [0.05, 0.1) is 0 Å². The molecule has 2 aromatic carbocycles. The molecular weight excluding hydrogens is 346 g/mol. The van der Waals surface area contributed by atoms with Gasteiger partial charge in [0.1, 0.15) is 0 Å². The highest BCUT2D eigenvalue weighted by atomic mass is 16.2. The first-order valence-corrected chi connectivity index (χ1v) is 10.5. The summed E-state index contributed by atoms with van der Waals surface area (Å²) in [4.78, 5) is 17.5. The van der Waals surface area contributed by atoms with E-state index in [4.69, 9.17) is 0 Å². The standard InChI is InChI=1S/C24H29N3O/c1-17-8-9-18-15-22-21-16-27(23(28)25-19-6-4-3-5-7-19)13-11-24(21,20(18)14-17)10-12-26(22)2/h3-9,14,21-22H,10-13,15-16H2,1-2H3,(H,25,28)/t21-,22+,24+/m0/s1. The summed E-state index contributed by atoms with van der Waals surface area (Å²) in [5.41, 5.74) is 5.56. The van der Waals surface area contributed by atoms with Gasteiger partial charge in [0.15, 0.2) is 0 Å². The summed E-state index contributed by atoms with van der Waals surface area (Å²) in [5.74, 6) is 0.510. The predicted octanol–water partition coefficient (Wildman–Crippen LogP) is 4.05. The number of aryl methyl sites for hydroxylation is 1. The number of carbonyl (C=O) groups is 1. The third-order valence-corrected chi connectivity index (χ3v) is 7.44. The van der Waals surface area contributed by atoms with E-state index in [1.807, 2.05) is 35.2 Å². The van der Waals surface area contributed by atoms with Crippen molar-refractivity contribution in [1.29, 1.82) is 0 Å². The number of urea groups is 1. The highest BCUT2D eigenvalue weighted by molar-refractivity contribution is 5.89. The number of likely N-dealkylation sites (N-methyl/N-ethyl adjacent to an activating group) is 1. The van der Waals surface area contributed by atoms with E-state index < -0.39 is 0 Å². The first-order valence-electron chi connectivity index (χ1n) is 10.5. The number of fused-ring (bicyclic) bond motifs is 1. The van der Waals surface area contributed by atoms with Gasteiger partial charge in [0.25, 0.3) is 0 Å². The molecule has 0 aromatic heterocycles. The van der Waals surface area contributed by atoms with E-state index in [-0.39, 0.29) is 11.4 Å². The molecule has 2 fully saturated rings. The number of piperidine rings is 2. The molecule has 146 valence electrons. The minimum absolute atomic E-state index is 0.0387. The summed E-state index contributed by atoms with van der Waals surface area (Å²) >= 11 is 0. The van der Waals surface area contributed by atoms with Crippen molar-refractivity contribution in [3.63, 3.8) is 0 Å². The molecule has 5 rings (SSSR count). The number of anilines is 1. The Hall–Kier alpha value is -2.33. The van der Waals surface area contributed by atoms with E-state index in [1.165, 1.54) is 17.5 Å². The SMILES string of the molecule is Cc1ccc2c(c1)[C@@]13CCN(C(=O)Nc4ccccc4)C[C@H]1[C@@H](C2)N(C)CC3. The second-order valence-electron chi connectivity index (χ2n) is 8.92. The van der Waals surface area contributed by atoms with E-state index in [0.717, 1.165) is 38.2 Å². The summed E-state index contributed by atoms with van der Waals surface area (Å²) in [6.45, 7) is 5.04. The monoisotopic (exact) mass is 375 g/mol. The molecule has 1 aliphatic carbocycles. The van der Waals surface area contributed by atoms with Gasteiger partial charge in [-0.05, 0) is 63.0 Å². The molecule has 2 bridgehead atoms. The number of nitrogens with one attached hydrogen (secondary N) is 1. The molecule has 0 saturated carbocycles. The summed E-state index contributed by atoms with van der Waals surface area (Å²) in [6, 6.07) is 17.4. The number of carbonyl (C=O) groups excluding carboxylic acids is 1. The number of rotatable bonds is 1. The van der Waals surface area contributed by atoms with Crippen LogP contribution in [-0.4, -0.2) is 48.6 Å². The Balaban J connectivity index is 1.44. The normalized spacial score (nSPS) is 29.0. The number of hydrogen-bond acceptors (Lipinski definition) is 2. The summed E-state index contributed by atoms with van der Waals surface area (Å²) in [6.07, 6.45) is 3.38. The van der Waals surface area contributed by atoms with Crippen LogP contribution < -0.4 is 5.32 Å². The summed E-state index contributed by atoms with van der Waals surface area (Å²) in [5, 5.41) is 3.08. The maximum atomic E-state index is 12.9. The van der Waals surface area contributed by atoms with Gasteiger partial charge in [0.2, 0.25) is 0 Å². The van der Waals surface area contributed by atoms with Crippen LogP contribution in [0.4, 0.5) is 10.5 Å². The molecule has 0 unspecified atom stereocenters. The van der Waals surface area contributed by atoms with E-state index >= 15 is 0 Å². The van der Waals surface area contributed by atoms with Gasteiger partial charge in [-0.1, -0.05) is 42.0 Å². The minimum Gasteiger partial charge on any atom is -0.324 e. The zero-order chi connectivity index (χ0) is 19.3. The molecule has 0 spiro atoms. The van der Waals surface area contributed by atoms with Crippen molar-refractivity contribution < 1.29 is 4.79 Å². The van der Waals surface area contributed by atoms with Crippen molar-refractivity contribution in [3.05, 3.63) is 65.2 Å². The lowest BCUT2D eigenvalue weighted by Gasteiger charge is -2.60. The van der Waals surface area contributed by atoms with Crippen LogP contribution in [0.2, 0.25) is 0 Å². The zero-order valence-corrected chi connectivity index (χ0v) is 16.8. The van der Waals surface area contributed by atoms with E-state index in [9.17, 15) is 4.79 Å². The lowest BCUT2D eigenvalue weighted by molar-refractivity contribution is -0.0153.